The summed E-state index contributed by atoms with van der Waals surface area (Å²) in [5.41, 5.74) is 4.92. The Morgan fingerprint density at radius 3 is 2.59 bits per heavy atom. The molecule has 0 aromatic rings. The molecule has 1 rings (SSSR count). The Labute approximate surface area is 98.7 Å². The molecule has 0 bridgehead atoms. The predicted molar refractivity (Wildman–Crippen MR) is 58.9 cm³/mol. The van der Waals surface area contributed by atoms with E-state index in [0.29, 0.717) is 6.42 Å². The SMILES string of the molecule is CC1NCCC1C(=O)N[C@@H](CC(N)=O)C(=O)O. The van der Waals surface area contributed by atoms with Crippen LogP contribution in [0.4, 0.5) is 0 Å². The number of amides is 2. The van der Waals surface area contributed by atoms with Crippen molar-refractivity contribution in [2.75, 3.05) is 6.54 Å². The summed E-state index contributed by atoms with van der Waals surface area (Å²) >= 11 is 0. The number of carbonyl (C=O) groups is 3. The molecule has 1 heterocycles. The van der Waals surface area contributed by atoms with Crippen LogP contribution in [-0.2, 0) is 14.4 Å². The van der Waals surface area contributed by atoms with Crippen molar-refractivity contribution in [3.63, 3.8) is 0 Å². The Bertz CT molecular complexity index is 332. The highest BCUT2D eigenvalue weighted by Crippen LogP contribution is 2.15. The van der Waals surface area contributed by atoms with Crippen LogP contribution in [0.15, 0.2) is 0 Å². The fourth-order valence-corrected chi connectivity index (χ4v) is 1.90. The lowest BCUT2D eigenvalue weighted by molar-refractivity contribution is -0.144. The summed E-state index contributed by atoms with van der Waals surface area (Å²) in [5.74, 6) is -2.62. The number of hydrogen-bond acceptors (Lipinski definition) is 4. The third-order valence-corrected chi connectivity index (χ3v) is 2.88. The second-order valence-electron chi connectivity index (χ2n) is 4.21. The smallest absolute Gasteiger partial charge is 0.326 e. The molecule has 7 heteroatoms. The van der Waals surface area contributed by atoms with Gasteiger partial charge in [-0.2, -0.15) is 0 Å². The van der Waals surface area contributed by atoms with E-state index in [0.717, 1.165) is 6.54 Å². The number of carbonyl (C=O) groups excluding carboxylic acids is 2. The molecule has 3 atom stereocenters. The topological polar surface area (TPSA) is 122 Å². The van der Waals surface area contributed by atoms with Gasteiger partial charge in [-0.15, -0.1) is 0 Å². The van der Waals surface area contributed by atoms with E-state index in [2.05, 4.69) is 10.6 Å². The van der Waals surface area contributed by atoms with Gasteiger partial charge in [-0.25, -0.2) is 4.79 Å². The molecular formula is C10H17N3O4. The van der Waals surface area contributed by atoms with Gasteiger partial charge in [0.1, 0.15) is 6.04 Å². The number of rotatable bonds is 5. The van der Waals surface area contributed by atoms with E-state index in [1.807, 2.05) is 6.92 Å². The Morgan fingerprint density at radius 1 is 1.53 bits per heavy atom. The first-order valence-electron chi connectivity index (χ1n) is 5.46. The van der Waals surface area contributed by atoms with Gasteiger partial charge in [0.15, 0.2) is 0 Å². The Hall–Kier alpha value is -1.63. The monoisotopic (exact) mass is 243 g/mol. The van der Waals surface area contributed by atoms with Crippen LogP contribution >= 0.6 is 0 Å². The summed E-state index contributed by atoms with van der Waals surface area (Å²) in [7, 11) is 0. The minimum Gasteiger partial charge on any atom is -0.480 e. The van der Waals surface area contributed by atoms with Gasteiger partial charge < -0.3 is 21.5 Å². The minimum atomic E-state index is -1.25. The molecule has 0 aliphatic carbocycles. The van der Waals surface area contributed by atoms with Gasteiger partial charge in [-0.3, -0.25) is 9.59 Å². The summed E-state index contributed by atoms with van der Waals surface area (Å²) in [6, 6.07) is -1.23. The molecule has 0 spiro atoms. The number of carboxylic acids is 1. The quantitative estimate of drug-likeness (QED) is 0.464. The molecule has 2 unspecified atom stereocenters. The fourth-order valence-electron chi connectivity index (χ4n) is 1.90. The maximum Gasteiger partial charge on any atom is 0.326 e. The van der Waals surface area contributed by atoms with Gasteiger partial charge in [0.25, 0.3) is 0 Å². The molecule has 0 aromatic heterocycles. The van der Waals surface area contributed by atoms with Gasteiger partial charge in [0.05, 0.1) is 12.3 Å². The summed E-state index contributed by atoms with van der Waals surface area (Å²) in [4.78, 5) is 33.3. The predicted octanol–water partition coefficient (Wildman–Crippen LogP) is -1.57. The zero-order chi connectivity index (χ0) is 13.0. The number of nitrogens with two attached hydrogens (primary N) is 1. The third-order valence-electron chi connectivity index (χ3n) is 2.88. The first-order valence-corrected chi connectivity index (χ1v) is 5.46. The molecule has 1 saturated heterocycles. The van der Waals surface area contributed by atoms with Crippen LogP contribution in [0.25, 0.3) is 0 Å². The fraction of sp³-hybridized carbons (Fsp3) is 0.700. The lowest BCUT2D eigenvalue weighted by Crippen LogP contribution is -2.47. The Kier molecular flexibility index (Phi) is 4.45. The molecule has 17 heavy (non-hydrogen) atoms. The van der Waals surface area contributed by atoms with Gasteiger partial charge in [0.2, 0.25) is 11.8 Å². The number of carboxylic acid groups (broad SMARTS) is 1. The lowest BCUT2D eigenvalue weighted by atomic mass is 10.0. The van der Waals surface area contributed by atoms with Crippen molar-refractivity contribution < 1.29 is 19.5 Å². The van der Waals surface area contributed by atoms with Crippen LogP contribution in [0.2, 0.25) is 0 Å². The molecule has 1 fully saturated rings. The van der Waals surface area contributed by atoms with E-state index < -0.39 is 24.3 Å². The van der Waals surface area contributed by atoms with Crippen molar-refractivity contribution in [2.45, 2.75) is 31.8 Å². The molecule has 96 valence electrons. The number of hydrogen-bond donors (Lipinski definition) is 4. The first-order chi connectivity index (χ1) is 7.91. The first kappa shape index (κ1) is 13.4. The van der Waals surface area contributed by atoms with E-state index in [4.69, 9.17) is 10.8 Å². The number of nitrogens with one attached hydrogen (secondary N) is 2. The largest absolute Gasteiger partial charge is 0.480 e. The highest BCUT2D eigenvalue weighted by molar-refractivity contribution is 5.89. The lowest BCUT2D eigenvalue weighted by Gasteiger charge is -2.18. The average molecular weight is 243 g/mol. The van der Waals surface area contributed by atoms with Crippen LogP contribution in [-0.4, -0.2) is 41.5 Å². The van der Waals surface area contributed by atoms with Crippen LogP contribution < -0.4 is 16.4 Å². The van der Waals surface area contributed by atoms with E-state index >= 15 is 0 Å². The molecule has 2 amide bonds. The standard InChI is InChI=1S/C10H17N3O4/c1-5-6(2-3-12-5)9(15)13-7(10(16)17)4-8(11)14/h5-7,12H,2-4H2,1H3,(H2,11,14)(H,13,15)(H,16,17)/t5?,6?,7-/m0/s1. The van der Waals surface area contributed by atoms with Crippen molar-refractivity contribution in [3.05, 3.63) is 0 Å². The van der Waals surface area contributed by atoms with Crippen molar-refractivity contribution >= 4 is 17.8 Å². The molecular weight excluding hydrogens is 226 g/mol. The molecule has 0 saturated carbocycles. The molecule has 1 aliphatic heterocycles. The highest BCUT2D eigenvalue weighted by atomic mass is 16.4. The van der Waals surface area contributed by atoms with E-state index in [1.165, 1.54) is 0 Å². The molecule has 0 aromatic carbocycles. The summed E-state index contributed by atoms with van der Waals surface area (Å²) in [6.07, 6.45) is 0.269. The van der Waals surface area contributed by atoms with Crippen LogP contribution in [0.5, 0.6) is 0 Å². The van der Waals surface area contributed by atoms with E-state index in [1.54, 1.807) is 0 Å². The molecule has 5 N–H and O–H groups in total. The second kappa shape index (κ2) is 5.62. The van der Waals surface area contributed by atoms with Crippen molar-refractivity contribution in [1.29, 1.82) is 0 Å². The average Bonchev–Trinajstić information content (AvgIpc) is 2.62. The van der Waals surface area contributed by atoms with Gasteiger partial charge in [-0.1, -0.05) is 0 Å². The summed E-state index contributed by atoms with van der Waals surface area (Å²) < 4.78 is 0. The Morgan fingerprint density at radius 2 is 2.18 bits per heavy atom. The van der Waals surface area contributed by atoms with Crippen molar-refractivity contribution in [1.82, 2.24) is 10.6 Å². The second-order valence-corrected chi connectivity index (χ2v) is 4.21. The van der Waals surface area contributed by atoms with Crippen molar-refractivity contribution in [2.24, 2.45) is 11.7 Å². The maximum absolute atomic E-state index is 11.8. The van der Waals surface area contributed by atoms with E-state index in [-0.39, 0.29) is 17.9 Å². The highest BCUT2D eigenvalue weighted by Gasteiger charge is 2.32. The zero-order valence-corrected chi connectivity index (χ0v) is 9.60. The van der Waals surface area contributed by atoms with Gasteiger partial charge >= 0.3 is 5.97 Å². The minimum absolute atomic E-state index is 0.0121. The van der Waals surface area contributed by atoms with Crippen LogP contribution in [0, 0.1) is 5.92 Å². The summed E-state index contributed by atoms with van der Waals surface area (Å²) in [6.45, 7) is 2.59. The third kappa shape index (κ3) is 3.70. The van der Waals surface area contributed by atoms with E-state index in [9.17, 15) is 14.4 Å². The molecule has 1 aliphatic rings. The number of primary amides is 1. The van der Waals surface area contributed by atoms with Gasteiger partial charge in [0, 0.05) is 6.04 Å². The maximum atomic E-state index is 11.8. The summed E-state index contributed by atoms with van der Waals surface area (Å²) in [5, 5.41) is 14.3. The van der Waals surface area contributed by atoms with Gasteiger partial charge in [-0.05, 0) is 19.9 Å². The number of aliphatic carboxylic acids is 1. The molecule has 7 nitrogen and oxygen atoms in total. The Balaban J connectivity index is 2.57. The normalized spacial score (nSPS) is 25.2. The van der Waals surface area contributed by atoms with Crippen molar-refractivity contribution in [3.8, 4) is 0 Å². The van der Waals surface area contributed by atoms with Crippen LogP contribution in [0.1, 0.15) is 19.8 Å². The zero-order valence-electron chi connectivity index (χ0n) is 9.60. The molecule has 0 radical (unpaired) electrons. The van der Waals surface area contributed by atoms with Crippen LogP contribution in [0.3, 0.4) is 0 Å².